The smallest absolute Gasteiger partial charge is 0.312 e. The van der Waals surface area contributed by atoms with Crippen molar-refractivity contribution in [2.45, 2.75) is 12.8 Å². The second-order valence-corrected chi connectivity index (χ2v) is 4.41. The summed E-state index contributed by atoms with van der Waals surface area (Å²) in [6.45, 7) is 5.87. The Kier molecular flexibility index (Phi) is 5.19. The number of rotatable bonds is 6. The van der Waals surface area contributed by atoms with Gasteiger partial charge in [0.25, 0.3) is 0 Å². The third-order valence-electron chi connectivity index (χ3n) is 2.38. The van der Waals surface area contributed by atoms with Crippen molar-refractivity contribution in [2.75, 3.05) is 13.2 Å². The summed E-state index contributed by atoms with van der Waals surface area (Å²) in [5.74, 6) is -1.39. The number of carboxylic acid groups (broad SMARTS) is 1. The minimum atomic E-state index is -1.00. The van der Waals surface area contributed by atoms with Crippen LogP contribution in [0.15, 0.2) is 30.4 Å². The van der Waals surface area contributed by atoms with Gasteiger partial charge < -0.3 is 15.6 Å². The molecule has 0 aliphatic carbocycles. The van der Waals surface area contributed by atoms with Crippen molar-refractivity contribution in [3.05, 3.63) is 40.9 Å². The molecule has 18 heavy (non-hydrogen) atoms. The van der Waals surface area contributed by atoms with Crippen LogP contribution in [0.5, 0.6) is 5.75 Å². The minimum absolute atomic E-state index is 0.0149. The lowest BCUT2D eigenvalue weighted by Crippen LogP contribution is -2.21. The van der Waals surface area contributed by atoms with Crippen LogP contribution in [-0.2, 0) is 4.79 Å². The van der Waals surface area contributed by atoms with E-state index in [9.17, 15) is 4.79 Å². The first-order chi connectivity index (χ1) is 8.47. The van der Waals surface area contributed by atoms with E-state index in [0.29, 0.717) is 17.9 Å². The molecule has 1 atom stereocenters. The maximum Gasteiger partial charge on any atom is 0.312 e. The number of hydrogen-bond acceptors (Lipinski definition) is 3. The van der Waals surface area contributed by atoms with Crippen LogP contribution >= 0.6 is 11.6 Å². The molecule has 1 unspecified atom stereocenters. The summed E-state index contributed by atoms with van der Waals surface area (Å²) in [5.41, 5.74) is 6.77. The Balaban J connectivity index is 3.04. The van der Waals surface area contributed by atoms with Gasteiger partial charge in [-0.15, -0.1) is 0 Å². The van der Waals surface area contributed by atoms with Gasteiger partial charge in [-0.1, -0.05) is 30.3 Å². The van der Waals surface area contributed by atoms with Crippen molar-refractivity contribution in [3.63, 3.8) is 0 Å². The Bertz CT molecular complexity index is 460. The maximum atomic E-state index is 11.1. The molecule has 98 valence electrons. The van der Waals surface area contributed by atoms with Crippen LogP contribution in [0.25, 0.3) is 0 Å². The first kappa shape index (κ1) is 14.5. The van der Waals surface area contributed by atoms with Crippen LogP contribution in [0, 0.1) is 0 Å². The summed E-state index contributed by atoms with van der Waals surface area (Å²) in [6.07, 6.45) is 0. The SMILES string of the molecule is C=C(C)COc1cccc(C(CN)C(=O)O)c1Cl. The molecule has 0 saturated heterocycles. The summed E-state index contributed by atoms with van der Waals surface area (Å²) in [4.78, 5) is 11.1. The van der Waals surface area contributed by atoms with Crippen molar-refractivity contribution in [1.82, 2.24) is 0 Å². The van der Waals surface area contributed by atoms with E-state index < -0.39 is 11.9 Å². The number of carboxylic acids is 1. The van der Waals surface area contributed by atoms with Crippen LogP contribution in [-0.4, -0.2) is 24.2 Å². The average Bonchev–Trinajstić information content (AvgIpc) is 2.30. The summed E-state index contributed by atoms with van der Waals surface area (Å²) in [5, 5.41) is 9.36. The number of nitrogens with two attached hydrogens (primary N) is 1. The van der Waals surface area contributed by atoms with Crippen molar-refractivity contribution < 1.29 is 14.6 Å². The van der Waals surface area contributed by atoms with Crippen LogP contribution in [0.2, 0.25) is 5.02 Å². The molecule has 0 radical (unpaired) electrons. The standard InChI is InChI=1S/C13H16ClNO3/c1-8(2)7-18-11-5-3-4-9(12(11)14)10(6-15)13(16)17/h3-5,10H,1,6-7,15H2,2H3,(H,16,17). The average molecular weight is 270 g/mol. The predicted octanol–water partition coefficient (Wildman–Crippen LogP) is 2.42. The molecule has 0 amide bonds. The highest BCUT2D eigenvalue weighted by Gasteiger charge is 2.22. The van der Waals surface area contributed by atoms with Crippen LogP contribution in [0.1, 0.15) is 18.4 Å². The van der Waals surface area contributed by atoms with Crippen molar-refractivity contribution in [2.24, 2.45) is 5.73 Å². The second kappa shape index (κ2) is 6.42. The van der Waals surface area contributed by atoms with E-state index in [1.54, 1.807) is 18.2 Å². The fourth-order valence-electron chi connectivity index (χ4n) is 1.47. The number of halogens is 1. The fourth-order valence-corrected chi connectivity index (χ4v) is 1.78. The molecular weight excluding hydrogens is 254 g/mol. The highest BCUT2D eigenvalue weighted by molar-refractivity contribution is 6.33. The molecule has 0 fully saturated rings. The Morgan fingerprint density at radius 1 is 1.61 bits per heavy atom. The second-order valence-electron chi connectivity index (χ2n) is 4.03. The van der Waals surface area contributed by atoms with Crippen LogP contribution < -0.4 is 10.5 Å². The van der Waals surface area contributed by atoms with Crippen molar-refractivity contribution >= 4 is 17.6 Å². The molecule has 1 rings (SSSR count). The molecule has 0 aliphatic heterocycles. The Morgan fingerprint density at radius 3 is 2.78 bits per heavy atom. The first-order valence-electron chi connectivity index (χ1n) is 5.45. The fraction of sp³-hybridized carbons (Fsp3) is 0.308. The molecule has 0 spiro atoms. The molecule has 1 aromatic rings. The third-order valence-corrected chi connectivity index (χ3v) is 2.78. The first-order valence-corrected chi connectivity index (χ1v) is 5.83. The van der Waals surface area contributed by atoms with E-state index in [1.807, 2.05) is 6.92 Å². The van der Waals surface area contributed by atoms with Gasteiger partial charge in [-0.3, -0.25) is 4.79 Å². The molecule has 3 N–H and O–H groups in total. The lowest BCUT2D eigenvalue weighted by atomic mass is 9.99. The number of carbonyl (C=O) groups is 1. The van der Waals surface area contributed by atoms with Gasteiger partial charge in [0.1, 0.15) is 12.4 Å². The number of hydrogen-bond donors (Lipinski definition) is 2. The Morgan fingerprint density at radius 2 is 2.28 bits per heavy atom. The number of aliphatic carboxylic acids is 1. The van der Waals surface area contributed by atoms with Gasteiger partial charge in [0.2, 0.25) is 0 Å². The van der Waals surface area contributed by atoms with Gasteiger partial charge >= 0.3 is 5.97 Å². The third kappa shape index (κ3) is 3.48. The molecule has 0 aliphatic rings. The molecule has 0 saturated carbocycles. The Labute approximate surface area is 111 Å². The van der Waals surface area contributed by atoms with E-state index in [1.165, 1.54) is 0 Å². The van der Waals surface area contributed by atoms with Gasteiger partial charge in [-0.05, 0) is 24.1 Å². The van der Waals surface area contributed by atoms with Gasteiger partial charge in [-0.2, -0.15) is 0 Å². The van der Waals surface area contributed by atoms with Gasteiger partial charge in [0.05, 0.1) is 10.9 Å². The van der Waals surface area contributed by atoms with Crippen LogP contribution in [0.3, 0.4) is 0 Å². The molecule has 0 bridgehead atoms. The van der Waals surface area contributed by atoms with Gasteiger partial charge in [-0.25, -0.2) is 0 Å². The molecule has 0 aromatic heterocycles. The van der Waals surface area contributed by atoms with E-state index in [0.717, 1.165) is 5.57 Å². The van der Waals surface area contributed by atoms with E-state index in [4.69, 9.17) is 27.2 Å². The van der Waals surface area contributed by atoms with Crippen LogP contribution in [0.4, 0.5) is 0 Å². The zero-order chi connectivity index (χ0) is 13.7. The molecule has 5 heteroatoms. The molecular formula is C13H16ClNO3. The summed E-state index contributed by atoms with van der Waals surface area (Å²) in [6, 6.07) is 5.02. The number of benzene rings is 1. The maximum absolute atomic E-state index is 11.1. The molecule has 4 nitrogen and oxygen atoms in total. The summed E-state index contributed by atoms with van der Waals surface area (Å²) < 4.78 is 5.45. The van der Waals surface area contributed by atoms with E-state index >= 15 is 0 Å². The number of ether oxygens (including phenoxy) is 1. The van der Waals surface area contributed by atoms with Crippen molar-refractivity contribution in [1.29, 1.82) is 0 Å². The highest BCUT2D eigenvalue weighted by atomic mass is 35.5. The monoisotopic (exact) mass is 269 g/mol. The summed E-state index contributed by atoms with van der Waals surface area (Å²) in [7, 11) is 0. The zero-order valence-corrected chi connectivity index (χ0v) is 10.9. The van der Waals surface area contributed by atoms with E-state index in [-0.39, 0.29) is 11.6 Å². The van der Waals surface area contributed by atoms with Gasteiger partial charge in [0, 0.05) is 6.54 Å². The zero-order valence-electron chi connectivity index (χ0n) is 10.1. The Hall–Kier alpha value is -1.52. The quantitative estimate of drug-likeness (QED) is 0.778. The normalized spacial score (nSPS) is 11.9. The molecule has 1 aromatic carbocycles. The highest BCUT2D eigenvalue weighted by Crippen LogP contribution is 2.33. The molecule has 0 heterocycles. The largest absolute Gasteiger partial charge is 0.488 e. The van der Waals surface area contributed by atoms with E-state index in [2.05, 4.69) is 6.58 Å². The van der Waals surface area contributed by atoms with Gasteiger partial charge in [0.15, 0.2) is 0 Å². The predicted molar refractivity (Wildman–Crippen MR) is 71.2 cm³/mol. The lowest BCUT2D eigenvalue weighted by molar-refractivity contribution is -0.138. The summed E-state index contributed by atoms with van der Waals surface area (Å²) >= 11 is 6.14. The topological polar surface area (TPSA) is 72.5 Å². The lowest BCUT2D eigenvalue weighted by Gasteiger charge is -2.15. The minimum Gasteiger partial charge on any atom is -0.488 e. The van der Waals surface area contributed by atoms with Crippen molar-refractivity contribution in [3.8, 4) is 5.75 Å².